The molecule has 0 saturated carbocycles. The largest absolute Gasteiger partial charge is 0.335 e. The Labute approximate surface area is 115 Å². The standard InChI is InChI=1S/C13H14N6O/c14-3-6-19-8-11(16-9-19)13-17-12(18-20-13)7-10-1-4-15-5-2-10/h1-2,4-5,8-9H,3,6-7,14H2. The maximum Gasteiger partial charge on any atom is 0.278 e. The molecule has 0 saturated heterocycles. The first kappa shape index (κ1) is 12.5. The Bertz CT molecular complexity index is 675. The van der Waals surface area contributed by atoms with Gasteiger partial charge in [0.25, 0.3) is 5.89 Å². The van der Waals surface area contributed by atoms with E-state index in [2.05, 4.69) is 20.1 Å². The van der Waals surface area contributed by atoms with Gasteiger partial charge in [-0.1, -0.05) is 5.16 Å². The molecule has 3 heterocycles. The van der Waals surface area contributed by atoms with Crippen LogP contribution in [0.5, 0.6) is 0 Å². The fourth-order valence-electron chi connectivity index (χ4n) is 1.85. The lowest BCUT2D eigenvalue weighted by Gasteiger charge is -1.94. The average Bonchev–Trinajstić information content (AvgIpc) is 3.10. The van der Waals surface area contributed by atoms with Crippen molar-refractivity contribution < 1.29 is 4.52 Å². The zero-order valence-electron chi connectivity index (χ0n) is 10.8. The Morgan fingerprint density at radius 1 is 1.25 bits per heavy atom. The molecule has 0 spiro atoms. The molecule has 0 aliphatic rings. The first-order chi connectivity index (χ1) is 9.85. The van der Waals surface area contributed by atoms with Gasteiger partial charge in [0.1, 0.15) is 5.69 Å². The van der Waals surface area contributed by atoms with Crippen LogP contribution in [0.4, 0.5) is 0 Å². The molecule has 7 nitrogen and oxygen atoms in total. The summed E-state index contributed by atoms with van der Waals surface area (Å²) in [5, 5.41) is 3.96. The van der Waals surface area contributed by atoms with Crippen LogP contribution in [0.25, 0.3) is 11.6 Å². The predicted molar refractivity (Wildman–Crippen MR) is 71.6 cm³/mol. The van der Waals surface area contributed by atoms with Crippen molar-refractivity contribution in [1.82, 2.24) is 24.7 Å². The summed E-state index contributed by atoms with van der Waals surface area (Å²) >= 11 is 0. The monoisotopic (exact) mass is 270 g/mol. The van der Waals surface area contributed by atoms with Crippen molar-refractivity contribution in [1.29, 1.82) is 0 Å². The second-order valence-corrected chi connectivity index (χ2v) is 4.33. The fraction of sp³-hybridized carbons (Fsp3) is 0.231. The molecule has 0 aliphatic carbocycles. The molecule has 0 unspecified atom stereocenters. The highest BCUT2D eigenvalue weighted by molar-refractivity contribution is 5.44. The molecule has 0 radical (unpaired) electrons. The maximum absolute atomic E-state index is 5.49. The van der Waals surface area contributed by atoms with Gasteiger partial charge in [0.2, 0.25) is 0 Å². The highest BCUT2D eigenvalue weighted by Crippen LogP contribution is 2.15. The van der Waals surface area contributed by atoms with Crippen LogP contribution in [-0.2, 0) is 13.0 Å². The number of rotatable bonds is 5. The Morgan fingerprint density at radius 3 is 2.90 bits per heavy atom. The number of nitrogens with zero attached hydrogens (tertiary/aromatic N) is 5. The number of imidazole rings is 1. The third-order valence-electron chi connectivity index (χ3n) is 2.82. The molecule has 3 aromatic heterocycles. The van der Waals surface area contributed by atoms with Crippen molar-refractivity contribution >= 4 is 0 Å². The highest BCUT2D eigenvalue weighted by atomic mass is 16.5. The smallest absolute Gasteiger partial charge is 0.278 e. The van der Waals surface area contributed by atoms with Gasteiger partial charge in [-0.05, 0) is 17.7 Å². The van der Waals surface area contributed by atoms with Gasteiger partial charge < -0.3 is 14.8 Å². The Kier molecular flexibility index (Phi) is 3.51. The lowest BCUT2D eigenvalue weighted by Crippen LogP contribution is -2.07. The Balaban J connectivity index is 1.76. The van der Waals surface area contributed by atoms with E-state index in [4.69, 9.17) is 10.3 Å². The van der Waals surface area contributed by atoms with Gasteiger partial charge >= 0.3 is 0 Å². The van der Waals surface area contributed by atoms with Crippen LogP contribution in [0, 0.1) is 0 Å². The van der Waals surface area contributed by atoms with E-state index in [-0.39, 0.29) is 0 Å². The maximum atomic E-state index is 5.49. The molecule has 3 aromatic rings. The van der Waals surface area contributed by atoms with Crippen LogP contribution in [0.15, 0.2) is 41.6 Å². The topological polar surface area (TPSA) is 95.7 Å². The zero-order valence-corrected chi connectivity index (χ0v) is 10.8. The molecule has 0 fully saturated rings. The molecular formula is C13H14N6O. The molecule has 3 rings (SSSR count). The molecule has 102 valence electrons. The second kappa shape index (κ2) is 5.62. The van der Waals surface area contributed by atoms with Crippen LogP contribution >= 0.6 is 0 Å². The zero-order chi connectivity index (χ0) is 13.8. The minimum absolute atomic E-state index is 0.421. The lowest BCUT2D eigenvalue weighted by atomic mass is 10.2. The summed E-state index contributed by atoms with van der Waals surface area (Å²) in [6.07, 6.45) is 7.64. The molecule has 0 bridgehead atoms. The van der Waals surface area contributed by atoms with Gasteiger partial charge in [0.15, 0.2) is 5.82 Å². The van der Waals surface area contributed by atoms with Crippen molar-refractivity contribution in [3.05, 3.63) is 48.4 Å². The van der Waals surface area contributed by atoms with Gasteiger partial charge in [0, 0.05) is 38.1 Å². The number of pyridine rings is 1. The first-order valence-corrected chi connectivity index (χ1v) is 6.29. The second-order valence-electron chi connectivity index (χ2n) is 4.33. The van der Waals surface area contributed by atoms with Gasteiger partial charge in [-0.2, -0.15) is 4.98 Å². The van der Waals surface area contributed by atoms with Crippen LogP contribution in [-0.4, -0.2) is 31.2 Å². The number of hydrogen-bond acceptors (Lipinski definition) is 6. The number of aromatic nitrogens is 5. The third-order valence-corrected chi connectivity index (χ3v) is 2.82. The Morgan fingerprint density at radius 2 is 2.10 bits per heavy atom. The van der Waals surface area contributed by atoms with Gasteiger partial charge in [0.05, 0.1) is 6.33 Å². The lowest BCUT2D eigenvalue weighted by molar-refractivity contribution is 0.423. The minimum Gasteiger partial charge on any atom is -0.335 e. The molecular weight excluding hydrogens is 256 g/mol. The van der Waals surface area contributed by atoms with Crippen molar-refractivity contribution in [2.24, 2.45) is 5.73 Å². The van der Waals surface area contributed by atoms with E-state index >= 15 is 0 Å². The molecule has 2 N–H and O–H groups in total. The summed E-state index contributed by atoms with van der Waals surface area (Å²) in [6.45, 7) is 1.28. The minimum atomic E-state index is 0.421. The SMILES string of the molecule is NCCn1cnc(-c2nc(Cc3ccncc3)no2)c1. The van der Waals surface area contributed by atoms with E-state index in [1.807, 2.05) is 22.9 Å². The van der Waals surface area contributed by atoms with Crippen LogP contribution < -0.4 is 5.73 Å². The van der Waals surface area contributed by atoms with Gasteiger partial charge in [-0.3, -0.25) is 4.98 Å². The predicted octanol–water partition coefficient (Wildman–Crippen LogP) is 0.878. The average molecular weight is 270 g/mol. The van der Waals surface area contributed by atoms with Crippen molar-refractivity contribution in [2.45, 2.75) is 13.0 Å². The summed E-state index contributed by atoms with van der Waals surface area (Å²) in [7, 11) is 0. The van der Waals surface area contributed by atoms with E-state index in [0.29, 0.717) is 36.9 Å². The van der Waals surface area contributed by atoms with Gasteiger partial charge in [-0.25, -0.2) is 4.98 Å². The fourth-order valence-corrected chi connectivity index (χ4v) is 1.85. The normalized spacial score (nSPS) is 10.8. The Hall–Kier alpha value is -2.54. The van der Waals surface area contributed by atoms with E-state index in [0.717, 1.165) is 5.56 Å². The summed E-state index contributed by atoms with van der Waals surface area (Å²) < 4.78 is 7.12. The quantitative estimate of drug-likeness (QED) is 0.739. The van der Waals surface area contributed by atoms with Crippen LogP contribution in [0.2, 0.25) is 0 Å². The van der Waals surface area contributed by atoms with Gasteiger partial charge in [-0.15, -0.1) is 0 Å². The summed E-state index contributed by atoms with van der Waals surface area (Å²) in [6, 6.07) is 3.85. The summed E-state index contributed by atoms with van der Waals surface area (Å²) in [5.74, 6) is 1.05. The molecule has 0 atom stereocenters. The van der Waals surface area contributed by atoms with E-state index in [9.17, 15) is 0 Å². The molecule has 0 aromatic carbocycles. The van der Waals surface area contributed by atoms with Crippen LogP contribution in [0.1, 0.15) is 11.4 Å². The third kappa shape index (κ3) is 2.72. The van der Waals surface area contributed by atoms with Crippen molar-refractivity contribution in [2.75, 3.05) is 6.54 Å². The van der Waals surface area contributed by atoms with Crippen molar-refractivity contribution in [3.8, 4) is 11.6 Å². The first-order valence-electron chi connectivity index (χ1n) is 6.29. The van der Waals surface area contributed by atoms with E-state index in [1.54, 1.807) is 18.7 Å². The van der Waals surface area contributed by atoms with E-state index < -0.39 is 0 Å². The summed E-state index contributed by atoms with van der Waals surface area (Å²) in [5.41, 5.74) is 7.24. The molecule has 20 heavy (non-hydrogen) atoms. The van der Waals surface area contributed by atoms with E-state index in [1.165, 1.54) is 0 Å². The summed E-state index contributed by atoms with van der Waals surface area (Å²) in [4.78, 5) is 12.5. The molecule has 0 aliphatic heterocycles. The number of hydrogen-bond donors (Lipinski definition) is 1. The van der Waals surface area contributed by atoms with Crippen molar-refractivity contribution in [3.63, 3.8) is 0 Å². The highest BCUT2D eigenvalue weighted by Gasteiger charge is 2.11. The number of nitrogens with two attached hydrogens (primary N) is 1. The van der Waals surface area contributed by atoms with Crippen LogP contribution in [0.3, 0.4) is 0 Å². The molecule has 0 amide bonds. The molecule has 7 heteroatoms.